The van der Waals surface area contributed by atoms with Crippen LogP contribution in [-0.2, 0) is 4.74 Å². The standard InChI is InChI=1S/C13H27NO3/c1-2-12-3-5-13(16,6-4-12)11-14-7-9-17-10-8-15/h12,14-16H,2-11H2,1H3. The van der Waals surface area contributed by atoms with Gasteiger partial charge in [0.25, 0.3) is 0 Å². The zero-order valence-corrected chi connectivity index (χ0v) is 11.0. The Morgan fingerprint density at radius 1 is 1.29 bits per heavy atom. The molecule has 0 unspecified atom stereocenters. The van der Waals surface area contributed by atoms with Gasteiger partial charge in [0.1, 0.15) is 0 Å². The zero-order valence-electron chi connectivity index (χ0n) is 11.0. The van der Waals surface area contributed by atoms with Crippen LogP contribution in [-0.4, -0.2) is 48.7 Å². The average Bonchev–Trinajstić information content (AvgIpc) is 2.35. The minimum atomic E-state index is -0.511. The third-order valence-electron chi connectivity index (χ3n) is 3.73. The Kier molecular flexibility index (Phi) is 7.04. The van der Waals surface area contributed by atoms with E-state index in [0.29, 0.717) is 19.8 Å². The maximum absolute atomic E-state index is 10.3. The molecule has 1 rings (SSSR count). The van der Waals surface area contributed by atoms with Gasteiger partial charge in [0.15, 0.2) is 0 Å². The van der Waals surface area contributed by atoms with Gasteiger partial charge >= 0.3 is 0 Å². The van der Waals surface area contributed by atoms with Crippen molar-refractivity contribution in [1.29, 1.82) is 0 Å². The summed E-state index contributed by atoms with van der Waals surface area (Å²) in [5, 5.41) is 22.1. The molecule has 0 aromatic carbocycles. The molecule has 0 aliphatic heterocycles. The third kappa shape index (κ3) is 5.82. The second-order valence-electron chi connectivity index (χ2n) is 5.09. The van der Waals surface area contributed by atoms with E-state index in [0.717, 1.165) is 38.1 Å². The number of nitrogens with one attached hydrogen (secondary N) is 1. The number of aliphatic hydroxyl groups excluding tert-OH is 1. The first-order valence-corrected chi connectivity index (χ1v) is 6.82. The highest BCUT2D eigenvalue weighted by molar-refractivity contribution is 4.86. The lowest BCUT2D eigenvalue weighted by atomic mass is 9.78. The van der Waals surface area contributed by atoms with Crippen LogP contribution >= 0.6 is 0 Å². The van der Waals surface area contributed by atoms with E-state index in [1.165, 1.54) is 6.42 Å². The van der Waals surface area contributed by atoms with Gasteiger partial charge in [0, 0.05) is 13.1 Å². The van der Waals surface area contributed by atoms with Crippen molar-refractivity contribution in [3.8, 4) is 0 Å². The first kappa shape index (κ1) is 14.9. The molecule has 0 aromatic heterocycles. The first-order chi connectivity index (χ1) is 8.20. The molecule has 4 heteroatoms. The third-order valence-corrected chi connectivity index (χ3v) is 3.73. The maximum atomic E-state index is 10.3. The van der Waals surface area contributed by atoms with Gasteiger partial charge in [-0.1, -0.05) is 13.3 Å². The molecule has 1 fully saturated rings. The van der Waals surface area contributed by atoms with Crippen LogP contribution in [0.15, 0.2) is 0 Å². The lowest BCUT2D eigenvalue weighted by Gasteiger charge is -2.36. The quantitative estimate of drug-likeness (QED) is 0.556. The highest BCUT2D eigenvalue weighted by atomic mass is 16.5. The number of hydrogen-bond acceptors (Lipinski definition) is 4. The number of hydrogen-bond donors (Lipinski definition) is 3. The second kappa shape index (κ2) is 8.03. The highest BCUT2D eigenvalue weighted by Crippen LogP contribution is 2.33. The molecule has 3 N–H and O–H groups in total. The summed E-state index contributed by atoms with van der Waals surface area (Å²) in [6.45, 7) is 4.68. The topological polar surface area (TPSA) is 61.7 Å². The van der Waals surface area contributed by atoms with Crippen molar-refractivity contribution >= 4 is 0 Å². The second-order valence-corrected chi connectivity index (χ2v) is 5.09. The molecule has 1 aliphatic rings. The van der Waals surface area contributed by atoms with Gasteiger partial charge in [-0.25, -0.2) is 0 Å². The molecule has 0 radical (unpaired) electrons. The van der Waals surface area contributed by atoms with Crippen LogP contribution in [0.25, 0.3) is 0 Å². The maximum Gasteiger partial charge on any atom is 0.0771 e. The Morgan fingerprint density at radius 3 is 2.59 bits per heavy atom. The van der Waals surface area contributed by atoms with Gasteiger partial charge in [-0.2, -0.15) is 0 Å². The molecule has 0 aromatic rings. The molecule has 0 saturated heterocycles. The van der Waals surface area contributed by atoms with Crippen LogP contribution in [0, 0.1) is 5.92 Å². The molecule has 0 atom stereocenters. The molecular formula is C13H27NO3. The van der Waals surface area contributed by atoms with E-state index in [1.807, 2.05) is 0 Å². The molecule has 1 saturated carbocycles. The summed E-state index contributed by atoms with van der Waals surface area (Å²) >= 11 is 0. The van der Waals surface area contributed by atoms with Gasteiger partial charge in [-0.15, -0.1) is 0 Å². The van der Waals surface area contributed by atoms with Crippen LogP contribution in [0.4, 0.5) is 0 Å². The predicted molar refractivity (Wildman–Crippen MR) is 68.0 cm³/mol. The summed E-state index contributed by atoms with van der Waals surface area (Å²) in [5.41, 5.74) is -0.511. The summed E-state index contributed by atoms with van der Waals surface area (Å²) in [5.74, 6) is 0.808. The minimum absolute atomic E-state index is 0.0718. The molecule has 17 heavy (non-hydrogen) atoms. The van der Waals surface area contributed by atoms with Gasteiger partial charge in [-0.05, 0) is 31.6 Å². The fourth-order valence-corrected chi connectivity index (χ4v) is 2.43. The van der Waals surface area contributed by atoms with Crippen molar-refractivity contribution < 1.29 is 14.9 Å². The molecule has 0 bridgehead atoms. The fraction of sp³-hybridized carbons (Fsp3) is 1.00. The van der Waals surface area contributed by atoms with E-state index in [4.69, 9.17) is 9.84 Å². The van der Waals surface area contributed by atoms with Gasteiger partial charge < -0.3 is 20.3 Å². The predicted octanol–water partition coefficient (Wildman–Crippen LogP) is 0.916. The Hall–Kier alpha value is -0.160. The van der Waals surface area contributed by atoms with Crippen molar-refractivity contribution in [2.75, 3.05) is 32.9 Å². The van der Waals surface area contributed by atoms with E-state index in [1.54, 1.807) is 0 Å². The van der Waals surface area contributed by atoms with Crippen molar-refractivity contribution in [3.05, 3.63) is 0 Å². The number of aliphatic hydroxyl groups is 2. The van der Waals surface area contributed by atoms with Crippen molar-refractivity contribution in [3.63, 3.8) is 0 Å². The molecule has 4 nitrogen and oxygen atoms in total. The van der Waals surface area contributed by atoms with Gasteiger partial charge in [0.05, 0.1) is 25.4 Å². The molecule has 0 heterocycles. The Morgan fingerprint density at radius 2 is 2.00 bits per heavy atom. The average molecular weight is 245 g/mol. The van der Waals surface area contributed by atoms with Crippen LogP contribution in [0.5, 0.6) is 0 Å². The van der Waals surface area contributed by atoms with Crippen molar-refractivity contribution in [2.45, 2.75) is 44.6 Å². The highest BCUT2D eigenvalue weighted by Gasteiger charge is 2.31. The lowest BCUT2D eigenvalue weighted by molar-refractivity contribution is -0.0101. The minimum Gasteiger partial charge on any atom is -0.394 e. The summed E-state index contributed by atoms with van der Waals surface area (Å²) in [6, 6.07) is 0. The summed E-state index contributed by atoms with van der Waals surface area (Å²) < 4.78 is 5.15. The molecule has 1 aliphatic carbocycles. The van der Waals surface area contributed by atoms with Crippen LogP contribution in [0.2, 0.25) is 0 Å². The van der Waals surface area contributed by atoms with E-state index in [9.17, 15) is 5.11 Å². The van der Waals surface area contributed by atoms with E-state index in [2.05, 4.69) is 12.2 Å². The van der Waals surface area contributed by atoms with E-state index < -0.39 is 5.60 Å². The lowest BCUT2D eigenvalue weighted by Crippen LogP contribution is -2.44. The normalized spacial score (nSPS) is 29.5. The van der Waals surface area contributed by atoms with E-state index in [-0.39, 0.29) is 6.61 Å². The number of rotatable bonds is 8. The fourth-order valence-electron chi connectivity index (χ4n) is 2.43. The van der Waals surface area contributed by atoms with Crippen molar-refractivity contribution in [1.82, 2.24) is 5.32 Å². The SMILES string of the molecule is CCC1CCC(O)(CNCCOCCO)CC1. The van der Waals surface area contributed by atoms with Gasteiger partial charge in [0.2, 0.25) is 0 Å². The largest absolute Gasteiger partial charge is 0.394 e. The smallest absolute Gasteiger partial charge is 0.0771 e. The molecular weight excluding hydrogens is 218 g/mol. The van der Waals surface area contributed by atoms with Crippen LogP contribution in [0.3, 0.4) is 0 Å². The van der Waals surface area contributed by atoms with E-state index >= 15 is 0 Å². The Balaban J connectivity index is 2.06. The van der Waals surface area contributed by atoms with Gasteiger partial charge in [-0.3, -0.25) is 0 Å². The Labute approximate surface area is 104 Å². The summed E-state index contributed by atoms with van der Waals surface area (Å²) in [4.78, 5) is 0. The number of ether oxygens (including phenoxy) is 1. The van der Waals surface area contributed by atoms with Crippen molar-refractivity contribution in [2.24, 2.45) is 5.92 Å². The molecule has 102 valence electrons. The molecule has 0 amide bonds. The van der Waals surface area contributed by atoms with Crippen LogP contribution < -0.4 is 5.32 Å². The molecule has 0 spiro atoms. The summed E-state index contributed by atoms with van der Waals surface area (Å²) in [7, 11) is 0. The monoisotopic (exact) mass is 245 g/mol. The summed E-state index contributed by atoms with van der Waals surface area (Å²) in [6.07, 6.45) is 5.36. The Bertz CT molecular complexity index is 191. The first-order valence-electron chi connectivity index (χ1n) is 6.82. The van der Waals surface area contributed by atoms with Crippen LogP contribution in [0.1, 0.15) is 39.0 Å². The zero-order chi connectivity index (χ0) is 12.6.